The fourth-order valence-electron chi connectivity index (χ4n) is 2.99. The van der Waals surface area contributed by atoms with Crippen molar-refractivity contribution in [3.8, 4) is 0 Å². The van der Waals surface area contributed by atoms with Crippen molar-refractivity contribution in [3.63, 3.8) is 0 Å². The standard InChI is InChI=1S/C19H22N4O2/c1-20-18(24)14-6-5-7-15(12-14)21-19(25)22-16-10-11-23(13-16)17-8-3-2-4-9-17/h2-9,12,16H,10-11,13H2,1H3,(H,20,24)(H2,21,22,25)/t16-/m1/s1. The normalized spacial score (nSPS) is 16.4. The molecule has 2 aromatic rings. The van der Waals surface area contributed by atoms with Crippen LogP contribution in [0, 0.1) is 0 Å². The number of para-hydroxylation sites is 1. The van der Waals surface area contributed by atoms with Gasteiger partial charge in [0.2, 0.25) is 0 Å². The molecular weight excluding hydrogens is 316 g/mol. The van der Waals surface area contributed by atoms with Crippen molar-refractivity contribution in [3.05, 3.63) is 60.2 Å². The van der Waals surface area contributed by atoms with Gasteiger partial charge in [-0.25, -0.2) is 4.79 Å². The maximum Gasteiger partial charge on any atom is 0.319 e. The van der Waals surface area contributed by atoms with Crippen LogP contribution < -0.4 is 20.9 Å². The Labute approximate surface area is 147 Å². The minimum atomic E-state index is -0.256. The minimum absolute atomic E-state index is 0.0994. The number of rotatable bonds is 4. The Bertz CT molecular complexity index is 748. The van der Waals surface area contributed by atoms with Crippen molar-refractivity contribution in [1.29, 1.82) is 0 Å². The van der Waals surface area contributed by atoms with Crippen molar-refractivity contribution < 1.29 is 9.59 Å². The predicted octanol–water partition coefficient (Wildman–Crippen LogP) is 2.45. The van der Waals surface area contributed by atoms with E-state index in [0.717, 1.165) is 19.5 Å². The summed E-state index contributed by atoms with van der Waals surface area (Å²) in [5.74, 6) is -0.182. The maximum absolute atomic E-state index is 12.2. The number of hydrogen-bond donors (Lipinski definition) is 3. The summed E-state index contributed by atoms with van der Waals surface area (Å²) in [6, 6.07) is 16.9. The smallest absolute Gasteiger partial charge is 0.319 e. The highest BCUT2D eigenvalue weighted by atomic mass is 16.2. The molecule has 0 bridgehead atoms. The Morgan fingerprint density at radius 1 is 1.08 bits per heavy atom. The van der Waals surface area contributed by atoms with Gasteiger partial charge in [-0.1, -0.05) is 24.3 Å². The number of benzene rings is 2. The van der Waals surface area contributed by atoms with Gasteiger partial charge >= 0.3 is 6.03 Å². The van der Waals surface area contributed by atoms with Crippen molar-refractivity contribution in [2.75, 3.05) is 30.4 Å². The second kappa shape index (κ2) is 7.70. The summed E-state index contributed by atoms with van der Waals surface area (Å²) < 4.78 is 0. The van der Waals surface area contributed by atoms with Crippen LogP contribution in [0.15, 0.2) is 54.6 Å². The first-order chi connectivity index (χ1) is 12.2. The van der Waals surface area contributed by atoms with Gasteiger partial charge in [-0.15, -0.1) is 0 Å². The van der Waals surface area contributed by atoms with Crippen LogP contribution in [-0.4, -0.2) is 38.1 Å². The number of hydrogen-bond acceptors (Lipinski definition) is 3. The lowest BCUT2D eigenvalue weighted by Gasteiger charge is -2.19. The molecule has 1 saturated heterocycles. The van der Waals surface area contributed by atoms with Crippen LogP contribution in [0.4, 0.5) is 16.2 Å². The summed E-state index contributed by atoms with van der Waals surface area (Å²) in [5.41, 5.74) is 2.28. The number of nitrogens with one attached hydrogen (secondary N) is 3. The number of carbonyl (C=O) groups is 2. The van der Waals surface area contributed by atoms with Gasteiger partial charge < -0.3 is 20.9 Å². The van der Waals surface area contributed by atoms with Crippen LogP contribution in [0.5, 0.6) is 0 Å². The molecule has 1 fully saturated rings. The number of nitrogens with zero attached hydrogens (tertiary/aromatic N) is 1. The molecule has 130 valence electrons. The molecule has 3 rings (SSSR count). The summed E-state index contributed by atoms with van der Waals surface area (Å²) in [4.78, 5) is 26.1. The maximum atomic E-state index is 12.2. The summed E-state index contributed by atoms with van der Waals surface area (Å²) in [7, 11) is 1.58. The SMILES string of the molecule is CNC(=O)c1cccc(NC(=O)N[C@@H]2CCN(c3ccccc3)C2)c1. The Balaban J connectivity index is 1.54. The van der Waals surface area contributed by atoms with Crippen LogP contribution in [-0.2, 0) is 0 Å². The first-order valence-corrected chi connectivity index (χ1v) is 8.35. The van der Waals surface area contributed by atoms with Gasteiger partial charge in [-0.2, -0.15) is 0 Å². The largest absolute Gasteiger partial charge is 0.369 e. The highest BCUT2D eigenvalue weighted by Crippen LogP contribution is 2.19. The number of carbonyl (C=O) groups excluding carboxylic acids is 2. The second-order valence-corrected chi connectivity index (χ2v) is 6.03. The first-order valence-electron chi connectivity index (χ1n) is 8.35. The van der Waals surface area contributed by atoms with E-state index < -0.39 is 0 Å². The van der Waals surface area contributed by atoms with Crippen LogP contribution >= 0.6 is 0 Å². The molecule has 2 aromatic carbocycles. The zero-order valence-electron chi connectivity index (χ0n) is 14.2. The van der Waals surface area contributed by atoms with E-state index in [1.165, 1.54) is 5.69 Å². The molecule has 6 nitrogen and oxygen atoms in total. The van der Waals surface area contributed by atoms with E-state index in [1.807, 2.05) is 18.2 Å². The zero-order valence-corrected chi connectivity index (χ0v) is 14.2. The monoisotopic (exact) mass is 338 g/mol. The van der Waals surface area contributed by atoms with Gasteiger partial charge in [0.05, 0.1) is 0 Å². The van der Waals surface area contributed by atoms with Gasteiger partial charge in [0.15, 0.2) is 0 Å². The molecule has 0 spiro atoms. The molecule has 25 heavy (non-hydrogen) atoms. The molecule has 0 saturated carbocycles. The third-order valence-electron chi connectivity index (χ3n) is 4.25. The molecule has 1 atom stereocenters. The number of urea groups is 1. The summed E-state index contributed by atoms with van der Waals surface area (Å²) in [5, 5.41) is 8.36. The molecule has 0 unspecified atom stereocenters. The van der Waals surface area contributed by atoms with E-state index in [0.29, 0.717) is 11.3 Å². The summed E-state index contributed by atoms with van der Waals surface area (Å²) >= 11 is 0. The van der Waals surface area contributed by atoms with E-state index in [9.17, 15) is 9.59 Å². The topological polar surface area (TPSA) is 73.5 Å². The average molecular weight is 338 g/mol. The van der Waals surface area contributed by atoms with Crippen molar-refractivity contribution >= 4 is 23.3 Å². The third-order valence-corrected chi connectivity index (χ3v) is 4.25. The summed E-state index contributed by atoms with van der Waals surface area (Å²) in [6.07, 6.45) is 0.903. The first kappa shape index (κ1) is 16.8. The number of amides is 3. The lowest BCUT2D eigenvalue weighted by molar-refractivity contribution is 0.0963. The van der Waals surface area contributed by atoms with E-state index in [4.69, 9.17) is 0 Å². The molecule has 3 N–H and O–H groups in total. The van der Waals surface area contributed by atoms with Gasteiger partial charge in [0.1, 0.15) is 0 Å². The van der Waals surface area contributed by atoms with Crippen molar-refractivity contribution in [1.82, 2.24) is 10.6 Å². The van der Waals surface area contributed by atoms with Gasteiger partial charge in [-0.05, 0) is 36.8 Å². The fourth-order valence-corrected chi connectivity index (χ4v) is 2.99. The van der Waals surface area contributed by atoms with Crippen LogP contribution in [0.1, 0.15) is 16.8 Å². The average Bonchev–Trinajstić information content (AvgIpc) is 3.10. The van der Waals surface area contributed by atoms with Gasteiger partial charge in [0.25, 0.3) is 5.91 Å². The highest BCUT2D eigenvalue weighted by Gasteiger charge is 2.24. The molecule has 1 aliphatic heterocycles. The van der Waals surface area contributed by atoms with E-state index in [1.54, 1.807) is 31.3 Å². The lowest BCUT2D eigenvalue weighted by atomic mass is 10.2. The number of anilines is 2. The van der Waals surface area contributed by atoms with Crippen LogP contribution in [0.2, 0.25) is 0 Å². The van der Waals surface area contributed by atoms with E-state index in [2.05, 4.69) is 33.0 Å². The third kappa shape index (κ3) is 4.29. The molecule has 1 aliphatic rings. The van der Waals surface area contributed by atoms with Gasteiger partial charge in [-0.3, -0.25) is 4.79 Å². The van der Waals surface area contributed by atoms with E-state index in [-0.39, 0.29) is 18.0 Å². The molecular formula is C19H22N4O2. The van der Waals surface area contributed by atoms with Gasteiger partial charge in [0, 0.05) is 43.1 Å². The predicted molar refractivity (Wildman–Crippen MR) is 99.0 cm³/mol. The molecule has 1 heterocycles. The Hall–Kier alpha value is -3.02. The van der Waals surface area contributed by atoms with Crippen molar-refractivity contribution in [2.45, 2.75) is 12.5 Å². The van der Waals surface area contributed by atoms with Crippen LogP contribution in [0.3, 0.4) is 0 Å². The Morgan fingerprint density at radius 3 is 2.64 bits per heavy atom. The Kier molecular flexibility index (Phi) is 5.18. The molecule has 0 aromatic heterocycles. The lowest BCUT2D eigenvalue weighted by Crippen LogP contribution is -2.39. The van der Waals surface area contributed by atoms with E-state index >= 15 is 0 Å². The quantitative estimate of drug-likeness (QED) is 0.802. The van der Waals surface area contributed by atoms with Crippen molar-refractivity contribution in [2.24, 2.45) is 0 Å². The fraction of sp³-hybridized carbons (Fsp3) is 0.263. The molecule has 6 heteroatoms. The minimum Gasteiger partial charge on any atom is -0.369 e. The van der Waals surface area contributed by atoms with Crippen LogP contribution in [0.25, 0.3) is 0 Å². The molecule has 0 radical (unpaired) electrons. The zero-order chi connectivity index (χ0) is 17.6. The highest BCUT2D eigenvalue weighted by molar-refractivity contribution is 5.96. The summed E-state index contributed by atoms with van der Waals surface area (Å²) in [6.45, 7) is 1.71. The Morgan fingerprint density at radius 2 is 1.88 bits per heavy atom. The second-order valence-electron chi connectivity index (χ2n) is 6.03. The molecule has 3 amide bonds. The molecule has 0 aliphatic carbocycles.